The van der Waals surface area contributed by atoms with Gasteiger partial charge in [0.25, 0.3) is 5.56 Å². The van der Waals surface area contributed by atoms with E-state index in [4.69, 9.17) is 5.26 Å². The second-order valence-electron chi connectivity index (χ2n) is 3.12. The van der Waals surface area contributed by atoms with Gasteiger partial charge in [0.05, 0.1) is 6.54 Å². The van der Waals surface area contributed by atoms with Crippen molar-refractivity contribution >= 4 is 11.3 Å². The van der Waals surface area contributed by atoms with Crippen molar-refractivity contribution < 1.29 is 0 Å². The van der Waals surface area contributed by atoms with Crippen LogP contribution in [0.3, 0.4) is 0 Å². The van der Waals surface area contributed by atoms with Gasteiger partial charge in [0.15, 0.2) is 0 Å². The van der Waals surface area contributed by atoms with Crippen LogP contribution in [0, 0.1) is 11.3 Å². The number of nitrogens with zero attached hydrogens (tertiary/aromatic N) is 2. The summed E-state index contributed by atoms with van der Waals surface area (Å²) in [5.41, 5.74) is -1.21. The molecule has 2 rings (SSSR count). The van der Waals surface area contributed by atoms with Gasteiger partial charge in [-0.3, -0.25) is 14.3 Å². The molecule has 5 nitrogen and oxygen atoms in total. The number of nitriles is 1. The van der Waals surface area contributed by atoms with E-state index in [1.54, 1.807) is 6.07 Å². The normalized spacial score (nSPS) is 9.94. The van der Waals surface area contributed by atoms with Gasteiger partial charge in [-0.15, -0.1) is 11.3 Å². The summed E-state index contributed by atoms with van der Waals surface area (Å²) in [5.74, 6) is 0. The zero-order valence-corrected chi connectivity index (χ0v) is 8.95. The van der Waals surface area contributed by atoms with E-state index in [0.717, 1.165) is 4.88 Å². The van der Waals surface area contributed by atoms with Crippen molar-refractivity contribution in [1.29, 1.82) is 5.26 Å². The predicted octanol–water partition coefficient (Wildman–Crippen LogP) is 0.518. The summed E-state index contributed by atoms with van der Waals surface area (Å²) in [5, 5.41) is 10.6. The highest BCUT2D eigenvalue weighted by Crippen LogP contribution is 2.08. The molecule has 0 radical (unpaired) electrons. The van der Waals surface area contributed by atoms with E-state index >= 15 is 0 Å². The SMILES string of the molecule is N#Cc1cn(Cc2cccs2)c(=O)[nH]c1=O. The molecule has 0 unspecified atom stereocenters. The van der Waals surface area contributed by atoms with Crippen LogP contribution in [0.1, 0.15) is 10.4 Å². The van der Waals surface area contributed by atoms with E-state index in [1.807, 2.05) is 17.5 Å². The van der Waals surface area contributed by atoms with Gasteiger partial charge in [0.1, 0.15) is 11.6 Å². The van der Waals surface area contributed by atoms with Gasteiger partial charge in [0.2, 0.25) is 0 Å². The van der Waals surface area contributed by atoms with Crippen molar-refractivity contribution in [3.8, 4) is 6.07 Å². The van der Waals surface area contributed by atoms with Crippen molar-refractivity contribution in [2.24, 2.45) is 0 Å². The Morgan fingerprint density at radius 3 is 2.94 bits per heavy atom. The van der Waals surface area contributed by atoms with Crippen LogP contribution in [-0.4, -0.2) is 9.55 Å². The largest absolute Gasteiger partial charge is 0.328 e. The van der Waals surface area contributed by atoms with E-state index in [0.29, 0.717) is 6.54 Å². The van der Waals surface area contributed by atoms with Crippen LogP contribution in [-0.2, 0) is 6.54 Å². The monoisotopic (exact) mass is 233 g/mol. The number of rotatable bonds is 2. The Kier molecular flexibility index (Phi) is 2.70. The molecule has 2 heterocycles. The number of H-pyrrole nitrogens is 1. The molecule has 0 spiro atoms. The third-order valence-corrected chi connectivity index (χ3v) is 2.90. The number of hydrogen-bond acceptors (Lipinski definition) is 4. The van der Waals surface area contributed by atoms with Crippen molar-refractivity contribution in [2.45, 2.75) is 6.54 Å². The maximum atomic E-state index is 11.4. The number of aromatic nitrogens is 2. The average molecular weight is 233 g/mol. The first-order valence-electron chi connectivity index (χ1n) is 4.47. The van der Waals surface area contributed by atoms with E-state index in [9.17, 15) is 9.59 Å². The molecule has 0 aliphatic heterocycles. The Labute approximate surface area is 94.2 Å². The molecule has 1 N–H and O–H groups in total. The Hall–Kier alpha value is -2.13. The first kappa shape index (κ1) is 10.4. The molecular formula is C10H7N3O2S. The maximum absolute atomic E-state index is 11.4. The minimum absolute atomic E-state index is 0.0591. The molecular weight excluding hydrogens is 226 g/mol. The fourth-order valence-corrected chi connectivity index (χ4v) is 1.98. The van der Waals surface area contributed by atoms with E-state index in [-0.39, 0.29) is 5.56 Å². The van der Waals surface area contributed by atoms with Gasteiger partial charge >= 0.3 is 5.69 Å². The van der Waals surface area contributed by atoms with E-state index in [2.05, 4.69) is 4.98 Å². The molecule has 0 aliphatic carbocycles. The van der Waals surface area contributed by atoms with Crippen molar-refractivity contribution in [3.05, 3.63) is 55.0 Å². The lowest BCUT2D eigenvalue weighted by Crippen LogP contribution is -2.31. The lowest BCUT2D eigenvalue weighted by Gasteiger charge is -2.02. The Balaban J connectivity index is 2.46. The quantitative estimate of drug-likeness (QED) is 0.821. The molecule has 80 valence electrons. The smallest absolute Gasteiger partial charge is 0.294 e. The summed E-state index contributed by atoms with van der Waals surface area (Å²) >= 11 is 1.51. The summed E-state index contributed by atoms with van der Waals surface area (Å²) in [6, 6.07) is 5.50. The third kappa shape index (κ3) is 1.94. The summed E-state index contributed by atoms with van der Waals surface area (Å²) in [7, 11) is 0. The second kappa shape index (κ2) is 4.16. The zero-order chi connectivity index (χ0) is 11.5. The summed E-state index contributed by atoms with van der Waals surface area (Å²) in [6.45, 7) is 0.363. The first-order valence-corrected chi connectivity index (χ1v) is 5.35. The van der Waals surface area contributed by atoms with E-state index in [1.165, 1.54) is 22.1 Å². The molecule has 0 saturated carbocycles. The number of hydrogen-bond donors (Lipinski definition) is 1. The van der Waals surface area contributed by atoms with Gasteiger partial charge in [-0.25, -0.2) is 4.79 Å². The summed E-state index contributed by atoms with van der Waals surface area (Å²) in [4.78, 5) is 25.7. The van der Waals surface area contributed by atoms with Crippen molar-refractivity contribution in [2.75, 3.05) is 0 Å². The minimum atomic E-state index is -0.644. The van der Waals surface area contributed by atoms with Crippen LogP contribution in [0.15, 0.2) is 33.3 Å². The van der Waals surface area contributed by atoms with Gasteiger partial charge in [-0.1, -0.05) is 6.07 Å². The fourth-order valence-electron chi connectivity index (χ4n) is 1.28. The van der Waals surface area contributed by atoms with Gasteiger partial charge in [0, 0.05) is 11.1 Å². The van der Waals surface area contributed by atoms with Crippen LogP contribution in [0.4, 0.5) is 0 Å². The molecule has 16 heavy (non-hydrogen) atoms. The minimum Gasteiger partial charge on any atom is -0.294 e. The topological polar surface area (TPSA) is 78.7 Å². The standard InChI is InChI=1S/C10H7N3O2S/c11-4-7-5-13(10(15)12-9(7)14)6-8-2-1-3-16-8/h1-3,5H,6H2,(H,12,14,15). The second-order valence-corrected chi connectivity index (χ2v) is 4.15. The number of thiophene rings is 1. The van der Waals surface area contributed by atoms with Crippen LogP contribution in [0.2, 0.25) is 0 Å². The van der Waals surface area contributed by atoms with Crippen LogP contribution in [0.25, 0.3) is 0 Å². The van der Waals surface area contributed by atoms with Gasteiger partial charge < -0.3 is 0 Å². The number of nitrogens with one attached hydrogen (secondary N) is 1. The maximum Gasteiger partial charge on any atom is 0.328 e. The van der Waals surface area contributed by atoms with E-state index < -0.39 is 11.2 Å². The Bertz CT molecular complexity index is 646. The first-order chi connectivity index (χ1) is 7.70. The highest BCUT2D eigenvalue weighted by atomic mass is 32.1. The zero-order valence-electron chi connectivity index (χ0n) is 8.14. The molecule has 2 aromatic rings. The summed E-state index contributed by atoms with van der Waals surface area (Å²) in [6.07, 6.45) is 1.28. The van der Waals surface area contributed by atoms with Gasteiger partial charge in [-0.05, 0) is 11.4 Å². The molecule has 0 amide bonds. The molecule has 0 fully saturated rings. The van der Waals surface area contributed by atoms with Crippen molar-refractivity contribution in [1.82, 2.24) is 9.55 Å². The molecule has 0 bridgehead atoms. The molecule has 0 aliphatic rings. The van der Waals surface area contributed by atoms with Crippen LogP contribution in [0.5, 0.6) is 0 Å². The van der Waals surface area contributed by atoms with Crippen molar-refractivity contribution in [3.63, 3.8) is 0 Å². The molecule has 0 atom stereocenters. The lowest BCUT2D eigenvalue weighted by molar-refractivity contribution is 0.726. The van der Waals surface area contributed by atoms with Gasteiger partial charge in [-0.2, -0.15) is 5.26 Å². The molecule has 2 aromatic heterocycles. The van der Waals surface area contributed by atoms with Crippen LogP contribution >= 0.6 is 11.3 Å². The lowest BCUT2D eigenvalue weighted by atomic mass is 10.3. The Morgan fingerprint density at radius 1 is 1.50 bits per heavy atom. The third-order valence-electron chi connectivity index (χ3n) is 2.04. The highest BCUT2D eigenvalue weighted by Gasteiger charge is 2.04. The highest BCUT2D eigenvalue weighted by molar-refractivity contribution is 7.09. The Morgan fingerprint density at radius 2 is 2.31 bits per heavy atom. The summed E-state index contributed by atoms with van der Waals surface area (Å²) < 4.78 is 1.31. The molecule has 0 saturated heterocycles. The molecule has 6 heteroatoms. The fraction of sp³-hybridized carbons (Fsp3) is 0.100. The predicted molar refractivity (Wildman–Crippen MR) is 59.5 cm³/mol. The van der Waals surface area contributed by atoms with Crippen LogP contribution < -0.4 is 11.2 Å². The molecule has 0 aromatic carbocycles. The average Bonchev–Trinajstić information content (AvgIpc) is 2.75. The number of aromatic amines is 1.